The molecule has 16 rings (SSSR count). The first-order chi connectivity index (χ1) is 41.4. The smallest absolute Gasteiger partial charge is 0.240 e. The van der Waals surface area contributed by atoms with Gasteiger partial charge in [0, 0.05) is 86.8 Å². The predicted molar refractivity (Wildman–Crippen MR) is 354 cm³/mol. The molecule has 0 radical (unpaired) electrons. The predicted octanol–water partition coefficient (Wildman–Crippen LogP) is 19.7. The van der Waals surface area contributed by atoms with E-state index in [0.717, 1.165) is 91.0 Å². The van der Waals surface area contributed by atoms with E-state index in [1.807, 2.05) is 114 Å². The van der Waals surface area contributed by atoms with Crippen molar-refractivity contribution in [1.29, 1.82) is 0 Å². The molecule has 0 spiro atoms. The van der Waals surface area contributed by atoms with Crippen LogP contribution in [0.3, 0.4) is 0 Å². The largest absolute Gasteiger partial charge is 0.294 e. The van der Waals surface area contributed by atoms with Crippen LogP contribution >= 0.6 is 47.8 Å². The van der Waals surface area contributed by atoms with Gasteiger partial charge >= 0.3 is 0 Å². The molecule has 0 aliphatic carbocycles. The van der Waals surface area contributed by atoms with Crippen LogP contribution in [0.2, 0.25) is 0 Å². The number of fused-ring (bicyclic) bond motifs is 9. The molecule has 0 amide bonds. The van der Waals surface area contributed by atoms with Crippen molar-refractivity contribution in [2.24, 2.45) is 0 Å². The third kappa shape index (κ3) is 10.1. The van der Waals surface area contributed by atoms with E-state index in [0.29, 0.717) is 17.6 Å². The zero-order valence-corrected chi connectivity index (χ0v) is 49.5. The molecule has 0 saturated heterocycles. The molecule has 16 aromatic rings. The summed E-state index contributed by atoms with van der Waals surface area (Å²) in [6.07, 6.45) is 5.50. The van der Waals surface area contributed by atoms with Gasteiger partial charge in [0.1, 0.15) is 16.9 Å². The third-order valence-corrected chi connectivity index (χ3v) is 16.3. The van der Waals surface area contributed by atoms with Crippen molar-refractivity contribution in [2.75, 3.05) is 0 Å². The quantitative estimate of drug-likeness (QED) is 0.158. The van der Waals surface area contributed by atoms with E-state index in [-0.39, 0.29) is 0 Å². The molecular weight excluding hydrogens is 1230 g/mol. The standard InChI is InChI=1S/C26H16BrN5.2C23H15BrN2/c27-19-13-14-22-21(16-19)20-12-7-15-28-25(20)32(22)26-30-23(17-8-3-1-4-9-17)29-24(31-26)18-10-5-2-6-11-18;24-18-11-12-22-21(15-18)20-10-5-13-25-23(20)26(22)19-9-4-8-17(14-19)16-6-2-1-3-7-16;24-18-10-13-22-21(15-18)20-7-4-14-25-23(20)26(22)19-11-8-17(9-12-19)16-5-2-1-3-6-16/h1-16H;2*1-15H. The first kappa shape index (κ1) is 52.4. The number of aromatic nitrogens is 9. The summed E-state index contributed by atoms with van der Waals surface area (Å²) in [4.78, 5) is 28.6. The summed E-state index contributed by atoms with van der Waals surface area (Å²) in [6.45, 7) is 0. The van der Waals surface area contributed by atoms with Crippen LogP contribution in [0.15, 0.2) is 293 Å². The van der Waals surface area contributed by atoms with E-state index < -0.39 is 0 Å². The molecule has 0 unspecified atom stereocenters. The molecule has 12 heteroatoms. The van der Waals surface area contributed by atoms with Crippen LogP contribution < -0.4 is 0 Å². The van der Waals surface area contributed by atoms with Gasteiger partial charge in [-0.3, -0.25) is 13.7 Å². The molecule has 400 valence electrons. The van der Waals surface area contributed by atoms with Crippen LogP contribution in [0.25, 0.3) is 128 Å². The van der Waals surface area contributed by atoms with Crippen LogP contribution in [0.1, 0.15) is 0 Å². The molecule has 0 bridgehead atoms. The van der Waals surface area contributed by atoms with E-state index in [1.165, 1.54) is 33.0 Å². The summed E-state index contributed by atoms with van der Waals surface area (Å²) >= 11 is 10.8. The number of nitrogens with zero attached hydrogens (tertiary/aromatic N) is 9. The van der Waals surface area contributed by atoms with Crippen molar-refractivity contribution in [3.05, 3.63) is 293 Å². The molecule has 9 aromatic carbocycles. The van der Waals surface area contributed by atoms with Crippen LogP contribution in [0.4, 0.5) is 0 Å². The van der Waals surface area contributed by atoms with Crippen LogP contribution in [-0.4, -0.2) is 43.6 Å². The van der Waals surface area contributed by atoms with Gasteiger partial charge in [0.05, 0.1) is 16.6 Å². The SMILES string of the molecule is Brc1ccc2c(c1)c1cccnc1n2-c1ccc(-c2ccccc2)cc1.Brc1ccc2c(c1)c1cccnc1n2-c1cccc(-c2ccccc2)c1.Brc1ccc2c(c1)c1cccnc1n2-c1nc(-c2ccccc2)nc(-c2ccccc2)n1. The molecule has 0 fully saturated rings. The Labute approximate surface area is 508 Å². The second-order valence-corrected chi connectivity index (χ2v) is 22.7. The Morgan fingerprint density at radius 1 is 0.250 bits per heavy atom. The average molecular weight is 1280 g/mol. The normalized spacial score (nSPS) is 11.3. The molecule has 0 N–H and O–H groups in total. The lowest BCUT2D eigenvalue weighted by Crippen LogP contribution is -2.06. The number of hydrogen-bond donors (Lipinski definition) is 0. The van der Waals surface area contributed by atoms with Gasteiger partial charge in [0.25, 0.3) is 0 Å². The summed E-state index contributed by atoms with van der Waals surface area (Å²) < 4.78 is 9.64. The fourth-order valence-corrected chi connectivity index (χ4v) is 12.0. The van der Waals surface area contributed by atoms with Crippen molar-refractivity contribution in [3.63, 3.8) is 0 Å². The van der Waals surface area contributed by atoms with Gasteiger partial charge in [0.2, 0.25) is 5.95 Å². The first-order valence-corrected chi connectivity index (χ1v) is 29.6. The lowest BCUT2D eigenvalue weighted by Gasteiger charge is -2.10. The second-order valence-electron chi connectivity index (χ2n) is 20.0. The molecule has 7 heterocycles. The molecule has 84 heavy (non-hydrogen) atoms. The lowest BCUT2D eigenvalue weighted by atomic mass is 10.1. The number of pyridine rings is 3. The topological polar surface area (TPSA) is 92.1 Å². The fraction of sp³-hybridized carbons (Fsp3) is 0. The molecule has 0 aliphatic heterocycles. The Morgan fingerprint density at radius 2 is 0.619 bits per heavy atom. The minimum atomic E-state index is 0.540. The Hall–Kier alpha value is -9.72. The fourth-order valence-electron chi connectivity index (χ4n) is 11.0. The molecular formula is C72H46Br3N9. The first-order valence-electron chi connectivity index (χ1n) is 27.2. The van der Waals surface area contributed by atoms with E-state index >= 15 is 0 Å². The monoisotopic (exact) mass is 1270 g/mol. The van der Waals surface area contributed by atoms with Crippen molar-refractivity contribution in [3.8, 4) is 62.4 Å². The van der Waals surface area contributed by atoms with Gasteiger partial charge in [-0.25, -0.2) is 19.9 Å². The second kappa shape index (κ2) is 22.9. The number of rotatable bonds is 7. The average Bonchev–Trinajstić information content (AvgIpc) is 3.48. The van der Waals surface area contributed by atoms with Crippen LogP contribution in [0.5, 0.6) is 0 Å². The van der Waals surface area contributed by atoms with Gasteiger partial charge in [0.15, 0.2) is 11.6 Å². The zero-order valence-electron chi connectivity index (χ0n) is 44.7. The molecule has 0 aliphatic rings. The summed E-state index contributed by atoms with van der Waals surface area (Å²) in [5.41, 5.74) is 15.0. The Morgan fingerprint density at radius 3 is 1.07 bits per heavy atom. The summed E-state index contributed by atoms with van der Waals surface area (Å²) in [5.74, 6) is 1.79. The minimum absolute atomic E-state index is 0.540. The minimum Gasteiger partial charge on any atom is -0.294 e. The molecule has 9 nitrogen and oxygen atoms in total. The molecule has 0 saturated carbocycles. The zero-order chi connectivity index (χ0) is 56.5. The van der Waals surface area contributed by atoms with Crippen molar-refractivity contribution in [2.45, 2.75) is 0 Å². The van der Waals surface area contributed by atoms with E-state index in [2.05, 4.69) is 236 Å². The third-order valence-electron chi connectivity index (χ3n) is 14.8. The van der Waals surface area contributed by atoms with Gasteiger partial charge in [-0.05, 0) is 138 Å². The Bertz CT molecular complexity index is 4990. The number of hydrogen-bond acceptors (Lipinski definition) is 6. The Kier molecular flexibility index (Phi) is 14.3. The highest BCUT2D eigenvalue weighted by Gasteiger charge is 2.20. The summed E-state index contributed by atoms with van der Waals surface area (Å²) in [6, 6.07) is 89.4. The summed E-state index contributed by atoms with van der Waals surface area (Å²) in [5, 5.41) is 6.86. The van der Waals surface area contributed by atoms with E-state index in [1.54, 1.807) is 6.20 Å². The van der Waals surface area contributed by atoms with Crippen molar-refractivity contribution < 1.29 is 0 Å². The van der Waals surface area contributed by atoms with Crippen LogP contribution in [0, 0.1) is 0 Å². The van der Waals surface area contributed by atoms with Crippen LogP contribution in [-0.2, 0) is 0 Å². The summed E-state index contributed by atoms with van der Waals surface area (Å²) in [7, 11) is 0. The maximum absolute atomic E-state index is 4.88. The van der Waals surface area contributed by atoms with Gasteiger partial charge in [-0.15, -0.1) is 0 Å². The highest BCUT2D eigenvalue weighted by atomic mass is 79.9. The van der Waals surface area contributed by atoms with Gasteiger partial charge in [-0.2, -0.15) is 9.97 Å². The van der Waals surface area contributed by atoms with Gasteiger partial charge in [-0.1, -0.05) is 193 Å². The number of halogens is 3. The van der Waals surface area contributed by atoms with E-state index in [9.17, 15) is 0 Å². The maximum Gasteiger partial charge on any atom is 0.240 e. The molecule has 0 atom stereocenters. The lowest BCUT2D eigenvalue weighted by molar-refractivity contribution is 0.944. The highest BCUT2D eigenvalue weighted by Crippen LogP contribution is 2.37. The maximum atomic E-state index is 4.88. The Balaban J connectivity index is 0.000000113. The van der Waals surface area contributed by atoms with Crippen molar-refractivity contribution in [1.82, 2.24) is 43.6 Å². The van der Waals surface area contributed by atoms with Crippen molar-refractivity contribution >= 4 is 114 Å². The van der Waals surface area contributed by atoms with E-state index in [4.69, 9.17) is 15.0 Å². The highest BCUT2D eigenvalue weighted by molar-refractivity contribution is 9.11. The number of benzene rings is 9. The molecule has 7 aromatic heterocycles. The van der Waals surface area contributed by atoms with Gasteiger partial charge < -0.3 is 0 Å².